The summed E-state index contributed by atoms with van der Waals surface area (Å²) in [7, 11) is 0. The second kappa shape index (κ2) is 13.8. The molecule has 15 nitrogen and oxygen atoms in total. The van der Waals surface area contributed by atoms with E-state index >= 15 is 0 Å². The Kier molecular flexibility index (Phi) is 12.3. The number of hydrogen-bond donors (Lipinski definition) is 9. The van der Waals surface area contributed by atoms with Crippen molar-refractivity contribution in [3.8, 4) is 0 Å². The number of nitrogens with one attached hydrogen (secondary N) is 3. The summed E-state index contributed by atoms with van der Waals surface area (Å²) in [6.07, 6.45) is -3.10. The Labute approximate surface area is 186 Å². The average Bonchev–Trinajstić information content (AvgIpc) is 2.67. The van der Waals surface area contributed by atoms with Gasteiger partial charge in [-0.3, -0.25) is 28.8 Å². The maximum atomic E-state index is 12.4. The summed E-state index contributed by atoms with van der Waals surface area (Å²) in [5.41, 5.74) is 5.44. The fourth-order valence-corrected chi connectivity index (χ4v) is 2.37. The molecule has 0 bridgehead atoms. The lowest BCUT2D eigenvalue weighted by Crippen LogP contribution is -2.58. The van der Waals surface area contributed by atoms with Crippen molar-refractivity contribution in [3.63, 3.8) is 0 Å². The van der Waals surface area contributed by atoms with Gasteiger partial charge in [0.25, 0.3) is 0 Å². The van der Waals surface area contributed by atoms with Gasteiger partial charge in [-0.2, -0.15) is 12.6 Å². The van der Waals surface area contributed by atoms with Crippen LogP contribution in [-0.2, 0) is 33.6 Å². The van der Waals surface area contributed by atoms with Crippen LogP contribution in [-0.4, -0.2) is 91.9 Å². The Balaban J connectivity index is 5.51. The first-order valence-corrected chi connectivity index (χ1v) is 9.57. The summed E-state index contributed by atoms with van der Waals surface area (Å²) < 4.78 is 0. The van der Waals surface area contributed by atoms with Gasteiger partial charge in [0.2, 0.25) is 17.7 Å². The molecule has 0 aliphatic heterocycles. The number of thiol groups is 1. The van der Waals surface area contributed by atoms with Crippen LogP contribution in [0.3, 0.4) is 0 Å². The fraction of sp³-hybridized carbons (Fsp3) is 0.562. The topological polar surface area (TPSA) is 263 Å². The van der Waals surface area contributed by atoms with E-state index in [1.165, 1.54) is 0 Å². The largest absolute Gasteiger partial charge is 0.481 e. The van der Waals surface area contributed by atoms with E-state index in [-0.39, 0.29) is 5.75 Å². The van der Waals surface area contributed by atoms with Crippen LogP contribution < -0.4 is 21.7 Å². The van der Waals surface area contributed by atoms with E-state index in [9.17, 15) is 33.6 Å². The van der Waals surface area contributed by atoms with E-state index in [1.807, 2.05) is 16.0 Å². The van der Waals surface area contributed by atoms with Crippen molar-refractivity contribution >= 4 is 54.2 Å². The molecule has 4 atom stereocenters. The minimum atomic E-state index is -1.86. The van der Waals surface area contributed by atoms with Gasteiger partial charge in [-0.05, 0) is 6.42 Å². The lowest BCUT2D eigenvalue weighted by Gasteiger charge is -2.23. The van der Waals surface area contributed by atoms with Gasteiger partial charge in [0.05, 0.1) is 18.9 Å². The number of carboxylic acid groups (broad SMARTS) is 4. The van der Waals surface area contributed by atoms with E-state index in [1.54, 1.807) is 0 Å². The van der Waals surface area contributed by atoms with Gasteiger partial charge < -0.3 is 42.1 Å². The molecular formula is C16H24N4O11S. The number of nitrogens with two attached hydrogens (primary N) is 1. The number of rotatable bonds is 15. The van der Waals surface area contributed by atoms with Gasteiger partial charge in [-0.25, -0.2) is 4.79 Å². The van der Waals surface area contributed by atoms with Gasteiger partial charge >= 0.3 is 23.9 Å². The Bertz CT molecular complexity index is 760. The quantitative estimate of drug-likeness (QED) is 0.104. The van der Waals surface area contributed by atoms with Crippen molar-refractivity contribution in [2.75, 3.05) is 5.75 Å². The molecule has 0 spiro atoms. The number of hydrogen-bond acceptors (Lipinski definition) is 9. The molecule has 0 radical (unpaired) electrons. The zero-order chi connectivity index (χ0) is 25.0. The maximum Gasteiger partial charge on any atom is 0.326 e. The Morgan fingerprint density at radius 2 is 1.09 bits per heavy atom. The molecule has 16 heteroatoms. The van der Waals surface area contributed by atoms with Crippen LogP contribution in [0, 0.1) is 0 Å². The minimum absolute atomic E-state index is 0.135. The van der Waals surface area contributed by atoms with Crippen LogP contribution in [0.15, 0.2) is 0 Å². The first-order valence-electron chi connectivity index (χ1n) is 8.94. The predicted octanol–water partition coefficient (Wildman–Crippen LogP) is -3.40. The van der Waals surface area contributed by atoms with E-state index in [2.05, 4.69) is 12.6 Å². The molecule has 4 unspecified atom stereocenters. The first kappa shape index (κ1) is 28.6. The summed E-state index contributed by atoms with van der Waals surface area (Å²) in [6, 6.07) is -6.49. The summed E-state index contributed by atoms with van der Waals surface area (Å²) in [5, 5.41) is 41.6. The molecule has 0 heterocycles. The lowest BCUT2D eigenvalue weighted by atomic mass is 10.1. The first-order chi connectivity index (χ1) is 14.8. The van der Waals surface area contributed by atoms with E-state index < -0.39 is 91.4 Å². The molecule has 0 saturated carbocycles. The molecule has 0 rings (SSSR count). The second-order valence-electron chi connectivity index (χ2n) is 6.44. The van der Waals surface area contributed by atoms with Gasteiger partial charge in [-0.15, -0.1) is 0 Å². The highest BCUT2D eigenvalue weighted by Gasteiger charge is 2.32. The van der Waals surface area contributed by atoms with Gasteiger partial charge in [0.15, 0.2) is 0 Å². The number of amides is 3. The third-order valence-electron chi connectivity index (χ3n) is 3.82. The van der Waals surface area contributed by atoms with Crippen molar-refractivity contribution in [3.05, 3.63) is 0 Å². The molecule has 180 valence electrons. The standard InChI is InChI=1S/C16H24N4O11S/c17-6(5-32)13(27)19-8(3-11(23)24)15(29)20-9(4-12(25)26)14(28)18-7(16(30)31)1-2-10(21)22/h6-9,32H,1-5,17H2,(H,18,28)(H,19,27)(H,20,29)(H,21,22)(H,23,24)(H,25,26)(H,30,31). The number of carboxylic acids is 4. The normalized spacial score (nSPS) is 14.2. The second-order valence-corrected chi connectivity index (χ2v) is 6.80. The van der Waals surface area contributed by atoms with Gasteiger partial charge in [0.1, 0.15) is 18.1 Å². The number of aliphatic carboxylic acids is 4. The molecule has 0 aliphatic rings. The van der Waals surface area contributed by atoms with Crippen LogP contribution in [0.5, 0.6) is 0 Å². The molecule has 0 aliphatic carbocycles. The third kappa shape index (κ3) is 11.1. The number of carbonyl (C=O) groups excluding carboxylic acids is 3. The zero-order valence-corrected chi connectivity index (χ0v) is 17.4. The van der Waals surface area contributed by atoms with Gasteiger partial charge in [0, 0.05) is 12.2 Å². The smallest absolute Gasteiger partial charge is 0.326 e. The molecule has 0 aromatic rings. The highest BCUT2D eigenvalue weighted by molar-refractivity contribution is 7.80. The molecular weight excluding hydrogens is 456 g/mol. The van der Waals surface area contributed by atoms with Crippen LogP contribution in [0.2, 0.25) is 0 Å². The zero-order valence-electron chi connectivity index (χ0n) is 16.5. The molecule has 0 aromatic carbocycles. The average molecular weight is 480 g/mol. The minimum Gasteiger partial charge on any atom is -0.481 e. The SMILES string of the molecule is NC(CS)C(=O)NC(CC(=O)O)C(=O)NC(CC(=O)O)C(=O)NC(CCC(=O)O)C(=O)O. The predicted molar refractivity (Wildman–Crippen MR) is 107 cm³/mol. The third-order valence-corrected chi connectivity index (χ3v) is 4.21. The van der Waals surface area contributed by atoms with Crippen molar-refractivity contribution in [2.24, 2.45) is 5.73 Å². The van der Waals surface area contributed by atoms with Crippen molar-refractivity contribution in [1.82, 2.24) is 16.0 Å². The molecule has 32 heavy (non-hydrogen) atoms. The van der Waals surface area contributed by atoms with E-state index in [4.69, 9.17) is 26.2 Å². The highest BCUT2D eigenvalue weighted by Crippen LogP contribution is 2.03. The van der Waals surface area contributed by atoms with Crippen molar-refractivity contribution in [2.45, 2.75) is 49.9 Å². The Morgan fingerprint density at radius 1 is 0.688 bits per heavy atom. The highest BCUT2D eigenvalue weighted by atomic mass is 32.1. The molecule has 0 saturated heterocycles. The maximum absolute atomic E-state index is 12.4. The van der Waals surface area contributed by atoms with E-state index in [0.29, 0.717) is 0 Å². The van der Waals surface area contributed by atoms with Crippen LogP contribution in [0.25, 0.3) is 0 Å². The van der Waals surface area contributed by atoms with Gasteiger partial charge in [-0.1, -0.05) is 0 Å². The van der Waals surface area contributed by atoms with Crippen LogP contribution >= 0.6 is 12.6 Å². The van der Waals surface area contributed by atoms with Crippen LogP contribution in [0.1, 0.15) is 25.7 Å². The summed E-state index contributed by atoms with van der Waals surface area (Å²) >= 11 is 3.79. The summed E-state index contributed by atoms with van der Waals surface area (Å²) in [6.45, 7) is 0. The lowest BCUT2D eigenvalue weighted by molar-refractivity contribution is -0.145. The van der Waals surface area contributed by atoms with E-state index in [0.717, 1.165) is 0 Å². The summed E-state index contributed by atoms with van der Waals surface area (Å²) in [4.78, 5) is 80.6. The van der Waals surface area contributed by atoms with Crippen LogP contribution in [0.4, 0.5) is 0 Å². The van der Waals surface area contributed by atoms with Crippen molar-refractivity contribution < 1.29 is 54.0 Å². The number of carbonyl (C=O) groups is 7. The summed E-state index contributed by atoms with van der Waals surface area (Å²) in [5.74, 6) is -9.60. The Morgan fingerprint density at radius 3 is 1.44 bits per heavy atom. The molecule has 3 amide bonds. The Hall–Kier alpha value is -3.40. The monoisotopic (exact) mass is 480 g/mol. The molecule has 0 aromatic heterocycles. The van der Waals surface area contributed by atoms with Crippen molar-refractivity contribution in [1.29, 1.82) is 0 Å². The fourth-order valence-electron chi connectivity index (χ4n) is 2.20. The molecule has 9 N–H and O–H groups in total. The molecule has 0 fully saturated rings.